The van der Waals surface area contributed by atoms with Gasteiger partial charge in [-0.1, -0.05) is 23.7 Å². The fraction of sp³-hybridized carbons (Fsp3) is 0.562. The summed E-state index contributed by atoms with van der Waals surface area (Å²) in [5, 5.41) is 9.79. The highest BCUT2D eigenvalue weighted by atomic mass is 35.5. The van der Waals surface area contributed by atoms with E-state index in [1.807, 2.05) is 24.3 Å². The first-order valence-electron chi connectivity index (χ1n) is 7.72. The zero-order valence-corrected chi connectivity index (χ0v) is 13.7. The quantitative estimate of drug-likeness (QED) is 0.873. The average molecular weight is 326 g/mol. The topological polar surface area (TPSA) is 69.8 Å². The van der Waals surface area contributed by atoms with Crippen molar-refractivity contribution in [1.82, 2.24) is 9.80 Å². The van der Waals surface area contributed by atoms with Gasteiger partial charge in [0.05, 0.1) is 0 Å². The van der Waals surface area contributed by atoms with Gasteiger partial charge < -0.3 is 15.7 Å². The summed E-state index contributed by atoms with van der Waals surface area (Å²) in [6.45, 7) is 4.75. The number of carbonyl (C=O) groups is 1. The monoisotopic (exact) mass is 325 g/mol. The minimum absolute atomic E-state index is 0.238. The molecule has 1 saturated heterocycles. The lowest BCUT2D eigenvalue weighted by atomic mass is 9.98. The molecule has 1 aromatic carbocycles. The molecule has 0 aliphatic carbocycles. The minimum atomic E-state index is -0.824. The summed E-state index contributed by atoms with van der Waals surface area (Å²) in [5.41, 5.74) is 6.99. The lowest BCUT2D eigenvalue weighted by Gasteiger charge is -2.41. The van der Waals surface area contributed by atoms with Crippen LogP contribution in [0.4, 0.5) is 4.79 Å². The van der Waals surface area contributed by atoms with Gasteiger partial charge in [0.2, 0.25) is 0 Å². The third-order valence-corrected chi connectivity index (χ3v) is 4.69. The van der Waals surface area contributed by atoms with Crippen LogP contribution in [-0.4, -0.2) is 53.2 Å². The third-order valence-electron chi connectivity index (χ3n) is 4.44. The Morgan fingerprint density at radius 3 is 2.50 bits per heavy atom. The molecule has 1 aliphatic heterocycles. The van der Waals surface area contributed by atoms with E-state index in [1.165, 1.54) is 10.5 Å². The molecule has 0 aromatic heterocycles. The second-order valence-corrected chi connectivity index (χ2v) is 6.19. The summed E-state index contributed by atoms with van der Waals surface area (Å²) in [5.74, 6) is 0. The van der Waals surface area contributed by atoms with Crippen LogP contribution in [0.1, 0.15) is 31.4 Å². The second kappa shape index (κ2) is 7.81. The van der Waals surface area contributed by atoms with E-state index in [4.69, 9.17) is 22.4 Å². The highest BCUT2D eigenvalue weighted by Gasteiger charge is 2.29. The van der Waals surface area contributed by atoms with E-state index in [0.29, 0.717) is 25.7 Å². The van der Waals surface area contributed by atoms with Crippen LogP contribution in [0.3, 0.4) is 0 Å². The number of nitrogens with two attached hydrogens (primary N) is 1. The van der Waals surface area contributed by atoms with Crippen LogP contribution < -0.4 is 5.73 Å². The van der Waals surface area contributed by atoms with Crippen LogP contribution in [0.25, 0.3) is 0 Å². The predicted octanol–water partition coefficient (Wildman–Crippen LogP) is 2.80. The number of hydrogen-bond donors (Lipinski definition) is 2. The van der Waals surface area contributed by atoms with Crippen LogP contribution in [0.2, 0.25) is 5.02 Å². The van der Waals surface area contributed by atoms with E-state index in [-0.39, 0.29) is 6.04 Å². The van der Waals surface area contributed by atoms with Gasteiger partial charge in [0.15, 0.2) is 0 Å². The van der Waals surface area contributed by atoms with E-state index in [1.54, 1.807) is 0 Å². The molecule has 1 aromatic rings. The number of carboxylic acid groups (broad SMARTS) is 1. The molecule has 3 N–H and O–H groups in total. The van der Waals surface area contributed by atoms with E-state index in [9.17, 15) is 4.79 Å². The van der Waals surface area contributed by atoms with E-state index >= 15 is 0 Å². The molecule has 2 rings (SSSR count). The van der Waals surface area contributed by atoms with Crippen molar-refractivity contribution in [2.75, 3.05) is 26.2 Å². The maximum atomic E-state index is 11.0. The molecule has 1 atom stereocenters. The van der Waals surface area contributed by atoms with Crippen molar-refractivity contribution in [2.45, 2.75) is 31.8 Å². The third kappa shape index (κ3) is 4.12. The smallest absolute Gasteiger partial charge is 0.407 e. The fourth-order valence-corrected chi connectivity index (χ4v) is 3.29. The molecule has 0 saturated carbocycles. The number of likely N-dealkylation sites (tertiary alicyclic amines) is 1. The molecule has 0 bridgehead atoms. The number of hydrogen-bond acceptors (Lipinski definition) is 3. The maximum absolute atomic E-state index is 11.0. The first kappa shape index (κ1) is 17.1. The normalized spacial score (nSPS) is 17.7. The van der Waals surface area contributed by atoms with Gasteiger partial charge in [0, 0.05) is 43.3 Å². The highest BCUT2D eigenvalue weighted by Crippen LogP contribution is 2.27. The number of benzene rings is 1. The zero-order valence-electron chi connectivity index (χ0n) is 12.9. The summed E-state index contributed by atoms with van der Waals surface area (Å²) in [6, 6.07) is 8.50. The van der Waals surface area contributed by atoms with E-state index in [2.05, 4.69) is 11.8 Å². The van der Waals surface area contributed by atoms with Crippen LogP contribution in [-0.2, 0) is 0 Å². The molecule has 1 aliphatic rings. The van der Waals surface area contributed by atoms with Gasteiger partial charge in [-0.25, -0.2) is 4.79 Å². The summed E-state index contributed by atoms with van der Waals surface area (Å²) in [6.07, 6.45) is 0.878. The SMILES string of the molecule is CC(c1ccc(Cl)cc1)N(CCN)C1CCN(C(=O)O)CC1. The Morgan fingerprint density at radius 1 is 1.41 bits per heavy atom. The molecular weight excluding hydrogens is 302 g/mol. The Morgan fingerprint density at radius 2 is 2.00 bits per heavy atom. The predicted molar refractivity (Wildman–Crippen MR) is 88.2 cm³/mol. The van der Waals surface area contributed by atoms with Gasteiger partial charge in [-0.2, -0.15) is 0 Å². The molecule has 1 heterocycles. The summed E-state index contributed by atoms with van der Waals surface area (Å²) in [4.78, 5) is 14.9. The van der Waals surface area contributed by atoms with Crippen molar-refractivity contribution in [1.29, 1.82) is 0 Å². The minimum Gasteiger partial charge on any atom is -0.465 e. The maximum Gasteiger partial charge on any atom is 0.407 e. The molecule has 6 heteroatoms. The number of halogens is 1. The molecule has 1 amide bonds. The van der Waals surface area contributed by atoms with Crippen molar-refractivity contribution in [3.8, 4) is 0 Å². The molecule has 22 heavy (non-hydrogen) atoms. The fourth-order valence-electron chi connectivity index (χ4n) is 3.16. The first-order valence-corrected chi connectivity index (χ1v) is 8.10. The molecule has 0 radical (unpaired) electrons. The van der Waals surface area contributed by atoms with Crippen LogP contribution >= 0.6 is 11.6 Å². The van der Waals surface area contributed by atoms with Crippen LogP contribution in [0.5, 0.6) is 0 Å². The number of rotatable bonds is 5. The van der Waals surface area contributed by atoms with Crippen molar-refractivity contribution in [2.24, 2.45) is 5.73 Å². The van der Waals surface area contributed by atoms with E-state index < -0.39 is 6.09 Å². The molecule has 1 fully saturated rings. The Labute approximate surface area is 136 Å². The van der Waals surface area contributed by atoms with E-state index in [0.717, 1.165) is 24.4 Å². The van der Waals surface area contributed by atoms with Crippen molar-refractivity contribution >= 4 is 17.7 Å². The van der Waals surface area contributed by atoms with Crippen LogP contribution in [0.15, 0.2) is 24.3 Å². The van der Waals surface area contributed by atoms with Gasteiger partial charge in [-0.15, -0.1) is 0 Å². The Bertz CT molecular complexity index is 487. The zero-order chi connectivity index (χ0) is 16.1. The second-order valence-electron chi connectivity index (χ2n) is 5.75. The van der Waals surface area contributed by atoms with Gasteiger partial charge in [-0.3, -0.25) is 4.90 Å². The van der Waals surface area contributed by atoms with Gasteiger partial charge in [0.25, 0.3) is 0 Å². The Hall–Kier alpha value is -1.30. The molecule has 0 spiro atoms. The molecule has 122 valence electrons. The Balaban J connectivity index is 2.06. The molecular formula is C16H24ClN3O2. The number of piperidine rings is 1. The molecule has 5 nitrogen and oxygen atoms in total. The summed E-state index contributed by atoms with van der Waals surface area (Å²) >= 11 is 5.96. The summed E-state index contributed by atoms with van der Waals surface area (Å²) in [7, 11) is 0. The first-order chi connectivity index (χ1) is 10.5. The van der Waals surface area contributed by atoms with Crippen molar-refractivity contribution in [3.63, 3.8) is 0 Å². The van der Waals surface area contributed by atoms with Gasteiger partial charge in [0.1, 0.15) is 0 Å². The van der Waals surface area contributed by atoms with Gasteiger partial charge in [-0.05, 0) is 37.5 Å². The standard InChI is InChI=1S/C16H24ClN3O2/c1-12(13-2-4-14(17)5-3-13)20(11-8-18)15-6-9-19(10-7-15)16(21)22/h2-5,12,15H,6-11,18H2,1H3,(H,21,22). The number of nitrogens with zero attached hydrogens (tertiary/aromatic N) is 2. The van der Waals surface area contributed by atoms with Crippen molar-refractivity contribution < 1.29 is 9.90 Å². The highest BCUT2D eigenvalue weighted by molar-refractivity contribution is 6.30. The average Bonchev–Trinajstić information content (AvgIpc) is 2.53. The van der Waals surface area contributed by atoms with Crippen LogP contribution in [0, 0.1) is 0 Å². The lowest BCUT2D eigenvalue weighted by Crippen LogP contribution is -2.48. The molecule has 1 unspecified atom stereocenters. The van der Waals surface area contributed by atoms with Gasteiger partial charge >= 0.3 is 6.09 Å². The largest absolute Gasteiger partial charge is 0.465 e. The number of amides is 1. The lowest BCUT2D eigenvalue weighted by molar-refractivity contribution is 0.0763. The Kier molecular flexibility index (Phi) is 6.06. The van der Waals surface area contributed by atoms with Crippen molar-refractivity contribution in [3.05, 3.63) is 34.9 Å². The summed E-state index contributed by atoms with van der Waals surface area (Å²) < 4.78 is 0.